The Bertz CT molecular complexity index is 576. The Kier molecular flexibility index (Phi) is 5.61. The number of benzene rings is 1. The van der Waals surface area contributed by atoms with Crippen molar-refractivity contribution in [3.63, 3.8) is 0 Å². The van der Waals surface area contributed by atoms with E-state index in [0.29, 0.717) is 12.6 Å². The van der Waals surface area contributed by atoms with Gasteiger partial charge in [0.05, 0.1) is 13.7 Å². The fourth-order valence-corrected chi connectivity index (χ4v) is 4.01. The number of hydrogen-bond acceptors (Lipinski definition) is 4. The third kappa shape index (κ3) is 3.51. The first kappa shape index (κ1) is 17.1. The van der Waals surface area contributed by atoms with E-state index in [1.807, 2.05) is 11.8 Å². The molecule has 1 aromatic carbocycles. The molecule has 0 unspecified atom stereocenters. The van der Waals surface area contributed by atoms with Gasteiger partial charge in [0.2, 0.25) is 0 Å². The summed E-state index contributed by atoms with van der Waals surface area (Å²) in [5, 5.41) is 0. The van der Waals surface area contributed by atoms with Gasteiger partial charge in [-0.3, -0.25) is 4.90 Å². The van der Waals surface area contributed by atoms with Crippen LogP contribution in [-0.2, 0) is 11.2 Å². The van der Waals surface area contributed by atoms with E-state index in [1.165, 1.54) is 24.0 Å². The lowest BCUT2D eigenvalue weighted by Crippen LogP contribution is -2.37. The average molecular weight is 332 g/mol. The molecule has 1 aromatic rings. The summed E-state index contributed by atoms with van der Waals surface area (Å²) in [6, 6.07) is 6.84. The summed E-state index contributed by atoms with van der Waals surface area (Å²) < 4.78 is 10.7. The topological polar surface area (TPSA) is 42.0 Å². The molecule has 1 saturated heterocycles. The average Bonchev–Trinajstić information content (AvgIpc) is 2.87. The van der Waals surface area contributed by atoms with Crippen LogP contribution in [0.4, 0.5) is 4.79 Å². The van der Waals surface area contributed by atoms with Gasteiger partial charge in [0.25, 0.3) is 0 Å². The van der Waals surface area contributed by atoms with E-state index in [-0.39, 0.29) is 6.09 Å². The molecule has 2 aliphatic rings. The minimum Gasteiger partial charge on any atom is -0.496 e. The summed E-state index contributed by atoms with van der Waals surface area (Å²) in [6.07, 6.45) is 4.29. The first-order valence-electron chi connectivity index (χ1n) is 9.06. The molecule has 5 nitrogen and oxygen atoms in total. The maximum Gasteiger partial charge on any atom is 0.409 e. The van der Waals surface area contributed by atoms with Crippen LogP contribution in [0.15, 0.2) is 18.2 Å². The van der Waals surface area contributed by atoms with E-state index < -0.39 is 0 Å². The number of carbonyl (C=O) groups excluding carboxylic acids is 1. The summed E-state index contributed by atoms with van der Waals surface area (Å²) in [6.45, 7) is 5.75. The second kappa shape index (κ2) is 7.88. The molecule has 1 heterocycles. The van der Waals surface area contributed by atoms with Crippen LogP contribution in [0.2, 0.25) is 0 Å². The Labute approximate surface area is 144 Å². The second-order valence-electron chi connectivity index (χ2n) is 6.51. The van der Waals surface area contributed by atoms with Crippen molar-refractivity contribution in [2.75, 3.05) is 39.9 Å². The van der Waals surface area contributed by atoms with Gasteiger partial charge in [-0.2, -0.15) is 0 Å². The molecule has 132 valence electrons. The molecule has 5 heteroatoms. The number of hydrogen-bond donors (Lipinski definition) is 0. The van der Waals surface area contributed by atoms with Crippen LogP contribution in [0.25, 0.3) is 0 Å². The highest BCUT2D eigenvalue weighted by Crippen LogP contribution is 2.38. The highest BCUT2D eigenvalue weighted by Gasteiger charge is 2.29. The van der Waals surface area contributed by atoms with Crippen molar-refractivity contribution < 1.29 is 14.3 Å². The molecular weight excluding hydrogens is 304 g/mol. The molecule has 0 bridgehead atoms. The molecular formula is C19H28N2O3. The Hall–Kier alpha value is -1.75. The number of carbonyl (C=O) groups is 1. The summed E-state index contributed by atoms with van der Waals surface area (Å²) in [7, 11) is 1.75. The van der Waals surface area contributed by atoms with E-state index in [9.17, 15) is 4.79 Å². The minimum absolute atomic E-state index is 0.176. The fraction of sp³-hybridized carbons (Fsp3) is 0.632. The van der Waals surface area contributed by atoms with Crippen molar-refractivity contribution in [1.82, 2.24) is 9.80 Å². The van der Waals surface area contributed by atoms with Gasteiger partial charge < -0.3 is 14.4 Å². The van der Waals surface area contributed by atoms with Gasteiger partial charge >= 0.3 is 6.09 Å². The zero-order valence-electron chi connectivity index (χ0n) is 14.8. The maximum absolute atomic E-state index is 12.0. The molecule has 1 aliphatic carbocycles. The second-order valence-corrected chi connectivity index (χ2v) is 6.51. The van der Waals surface area contributed by atoms with E-state index >= 15 is 0 Å². The quantitative estimate of drug-likeness (QED) is 0.852. The molecule has 3 rings (SSSR count). The highest BCUT2D eigenvalue weighted by molar-refractivity contribution is 5.67. The molecule has 24 heavy (non-hydrogen) atoms. The van der Waals surface area contributed by atoms with Gasteiger partial charge in [-0.15, -0.1) is 0 Å². The molecule has 0 saturated carbocycles. The predicted octanol–water partition coefficient (Wildman–Crippen LogP) is 3.24. The third-order valence-corrected chi connectivity index (χ3v) is 5.15. The first-order chi connectivity index (χ1) is 11.7. The number of ether oxygens (including phenoxy) is 2. The predicted molar refractivity (Wildman–Crippen MR) is 93.5 cm³/mol. The molecule has 1 amide bonds. The minimum atomic E-state index is -0.176. The highest BCUT2D eigenvalue weighted by atomic mass is 16.6. The van der Waals surface area contributed by atoms with Crippen molar-refractivity contribution >= 4 is 6.09 Å². The van der Waals surface area contributed by atoms with Crippen molar-refractivity contribution in [2.45, 2.75) is 38.6 Å². The van der Waals surface area contributed by atoms with Crippen LogP contribution >= 0.6 is 0 Å². The van der Waals surface area contributed by atoms with Crippen molar-refractivity contribution in [1.29, 1.82) is 0 Å². The van der Waals surface area contributed by atoms with Crippen molar-refractivity contribution in [2.24, 2.45) is 0 Å². The third-order valence-electron chi connectivity index (χ3n) is 5.15. The Morgan fingerprint density at radius 3 is 2.88 bits per heavy atom. The lowest BCUT2D eigenvalue weighted by Gasteiger charge is -2.35. The van der Waals surface area contributed by atoms with Crippen molar-refractivity contribution in [3.05, 3.63) is 29.3 Å². The van der Waals surface area contributed by atoms with Gasteiger partial charge in [0, 0.05) is 32.2 Å². The van der Waals surface area contributed by atoms with Gasteiger partial charge in [0.1, 0.15) is 5.75 Å². The summed E-state index contributed by atoms with van der Waals surface area (Å²) in [5.41, 5.74) is 2.77. The summed E-state index contributed by atoms with van der Waals surface area (Å²) in [4.78, 5) is 16.4. The van der Waals surface area contributed by atoms with E-state index in [4.69, 9.17) is 9.47 Å². The zero-order chi connectivity index (χ0) is 16.9. The smallest absolute Gasteiger partial charge is 0.409 e. The molecule has 1 aliphatic heterocycles. The molecule has 1 fully saturated rings. The van der Waals surface area contributed by atoms with Crippen LogP contribution in [0.5, 0.6) is 5.75 Å². The number of nitrogens with zero attached hydrogens (tertiary/aromatic N) is 2. The van der Waals surface area contributed by atoms with Crippen LogP contribution in [0.1, 0.15) is 43.4 Å². The lowest BCUT2D eigenvalue weighted by atomic mass is 9.86. The van der Waals surface area contributed by atoms with E-state index in [2.05, 4.69) is 23.1 Å². The standard InChI is InChI=1S/C19H28N2O3/c1-3-24-19(22)21-12-6-11-20(13-14-21)17-9-4-8-16-15(17)7-5-10-18(16)23-2/h5,7,10,17H,3-4,6,8-9,11-14H2,1-2H3/t17-/m0/s1. The van der Waals surface area contributed by atoms with Crippen molar-refractivity contribution in [3.8, 4) is 5.75 Å². The Balaban J connectivity index is 1.73. The fourth-order valence-electron chi connectivity index (χ4n) is 4.01. The van der Waals surface area contributed by atoms with Gasteiger partial charge in [-0.1, -0.05) is 12.1 Å². The molecule has 0 radical (unpaired) electrons. The zero-order valence-corrected chi connectivity index (χ0v) is 14.8. The van der Waals surface area contributed by atoms with Crippen LogP contribution < -0.4 is 4.74 Å². The van der Waals surface area contributed by atoms with Gasteiger partial charge in [-0.05, 0) is 49.8 Å². The van der Waals surface area contributed by atoms with Gasteiger partial charge in [-0.25, -0.2) is 4.79 Å². The number of fused-ring (bicyclic) bond motifs is 1. The Morgan fingerprint density at radius 2 is 2.08 bits per heavy atom. The summed E-state index contributed by atoms with van der Waals surface area (Å²) in [5.74, 6) is 1.01. The number of methoxy groups -OCH3 is 1. The molecule has 0 spiro atoms. The Morgan fingerprint density at radius 1 is 1.21 bits per heavy atom. The lowest BCUT2D eigenvalue weighted by molar-refractivity contribution is 0.107. The van der Waals surface area contributed by atoms with Crippen LogP contribution in [-0.4, -0.2) is 55.8 Å². The van der Waals surface area contributed by atoms with Crippen LogP contribution in [0, 0.1) is 0 Å². The molecule has 1 atom stereocenters. The normalized spacial score (nSPS) is 21.8. The van der Waals surface area contributed by atoms with Crippen LogP contribution in [0.3, 0.4) is 0 Å². The maximum atomic E-state index is 12.0. The van der Waals surface area contributed by atoms with Gasteiger partial charge in [0.15, 0.2) is 0 Å². The van der Waals surface area contributed by atoms with E-state index in [0.717, 1.165) is 44.8 Å². The monoisotopic (exact) mass is 332 g/mol. The SMILES string of the molecule is CCOC(=O)N1CCCN([C@H]2CCCc3c(OC)cccc32)CC1. The van der Waals surface area contributed by atoms with E-state index in [1.54, 1.807) is 7.11 Å². The number of amides is 1. The molecule has 0 aromatic heterocycles. The number of rotatable bonds is 3. The molecule has 0 N–H and O–H groups in total. The first-order valence-corrected chi connectivity index (χ1v) is 9.06. The summed E-state index contributed by atoms with van der Waals surface area (Å²) >= 11 is 0. The largest absolute Gasteiger partial charge is 0.496 e.